The van der Waals surface area contributed by atoms with Gasteiger partial charge in [0.1, 0.15) is 11.6 Å². The van der Waals surface area contributed by atoms with Gasteiger partial charge in [0.2, 0.25) is 15.9 Å². The molecule has 0 atom stereocenters. The largest absolute Gasteiger partial charge is 0.356 e. The fourth-order valence-electron chi connectivity index (χ4n) is 3.40. The van der Waals surface area contributed by atoms with Gasteiger partial charge in [0.05, 0.1) is 4.90 Å². The summed E-state index contributed by atoms with van der Waals surface area (Å²) in [6.07, 6.45) is 5.14. The topological polar surface area (TPSA) is 106 Å². The first-order valence-electron chi connectivity index (χ1n) is 10.1. The molecule has 1 aromatic heterocycles. The van der Waals surface area contributed by atoms with Crippen LogP contribution in [0, 0.1) is 13.8 Å². The van der Waals surface area contributed by atoms with E-state index in [1.807, 2.05) is 13.8 Å². The molecule has 0 saturated heterocycles. The minimum absolute atomic E-state index is 0.0570. The van der Waals surface area contributed by atoms with Crippen molar-refractivity contribution in [2.24, 2.45) is 0 Å². The maximum absolute atomic E-state index is 12.4. The summed E-state index contributed by atoms with van der Waals surface area (Å²) in [6, 6.07) is 4.99. The lowest BCUT2D eigenvalue weighted by Crippen LogP contribution is -2.32. The Kier molecular flexibility index (Phi) is 7.02. The Morgan fingerprint density at radius 3 is 2.72 bits per heavy atom. The number of sulfonamides is 1. The first-order chi connectivity index (χ1) is 13.9. The minimum Gasteiger partial charge on any atom is -0.356 e. The fourth-order valence-corrected chi connectivity index (χ4v) is 4.51. The monoisotopic (exact) mass is 419 g/mol. The van der Waals surface area contributed by atoms with Crippen molar-refractivity contribution in [1.29, 1.82) is 0 Å². The fraction of sp³-hybridized carbons (Fsp3) is 0.550. The van der Waals surface area contributed by atoms with E-state index >= 15 is 0 Å². The molecule has 1 aliphatic rings. The lowest BCUT2D eigenvalue weighted by Gasteiger charge is -2.10. The van der Waals surface area contributed by atoms with Gasteiger partial charge in [0.25, 0.3) is 0 Å². The van der Waals surface area contributed by atoms with Crippen LogP contribution in [0.5, 0.6) is 0 Å². The van der Waals surface area contributed by atoms with Gasteiger partial charge in [-0.15, -0.1) is 10.2 Å². The number of fused-ring (bicyclic) bond motifs is 1. The molecule has 2 aromatic rings. The molecule has 0 saturated carbocycles. The number of hydrogen-bond acceptors (Lipinski definition) is 5. The molecule has 9 heteroatoms. The van der Waals surface area contributed by atoms with E-state index in [0.29, 0.717) is 13.0 Å². The van der Waals surface area contributed by atoms with Gasteiger partial charge < -0.3 is 9.88 Å². The molecule has 8 nitrogen and oxygen atoms in total. The second kappa shape index (κ2) is 9.49. The van der Waals surface area contributed by atoms with E-state index in [4.69, 9.17) is 0 Å². The van der Waals surface area contributed by atoms with Crippen LogP contribution in [0.1, 0.15) is 48.5 Å². The first-order valence-corrected chi connectivity index (χ1v) is 11.6. The number of amides is 1. The number of carbonyl (C=O) groups excluding carboxylic acids is 1. The molecule has 0 fully saturated rings. The summed E-state index contributed by atoms with van der Waals surface area (Å²) in [7, 11) is -3.62. The highest BCUT2D eigenvalue weighted by molar-refractivity contribution is 7.89. The van der Waals surface area contributed by atoms with E-state index in [1.165, 1.54) is 6.42 Å². The highest BCUT2D eigenvalue weighted by Gasteiger charge is 2.16. The van der Waals surface area contributed by atoms with Gasteiger partial charge in [-0.3, -0.25) is 4.79 Å². The standard InChI is InChI=1S/C20H29N5O3S/c1-15-7-8-17(14-16(15)2)29(27,28)22-12-10-20(26)21-11-9-19-24-23-18-6-4-3-5-13-25(18)19/h7-8,14,22H,3-6,9-13H2,1-2H3,(H,21,26). The first kappa shape index (κ1) is 21.4. The normalized spacial score (nSPS) is 14.3. The van der Waals surface area contributed by atoms with Gasteiger partial charge in [-0.05, 0) is 49.9 Å². The summed E-state index contributed by atoms with van der Waals surface area (Å²) in [4.78, 5) is 12.3. The number of aryl methyl sites for hydroxylation is 3. The van der Waals surface area contributed by atoms with E-state index in [0.717, 1.165) is 48.6 Å². The van der Waals surface area contributed by atoms with E-state index in [1.54, 1.807) is 18.2 Å². The number of hydrogen-bond donors (Lipinski definition) is 2. The predicted molar refractivity (Wildman–Crippen MR) is 110 cm³/mol. The average Bonchev–Trinajstić information content (AvgIpc) is 2.90. The molecule has 158 valence electrons. The van der Waals surface area contributed by atoms with Crippen LogP contribution in [0.15, 0.2) is 23.1 Å². The number of carbonyl (C=O) groups is 1. The SMILES string of the molecule is Cc1ccc(S(=O)(=O)NCCC(=O)NCCc2nnc3n2CCCCC3)cc1C. The number of benzene rings is 1. The van der Waals surface area contributed by atoms with Crippen molar-refractivity contribution in [2.75, 3.05) is 13.1 Å². The third kappa shape index (κ3) is 5.63. The number of nitrogens with zero attached hydrogens (tertiary/aromatic N) is 3. The molecular formula is C20H29N5O3S. The molecular weight excluding hydrogens is 390 g/mol. The zero-order valence-electron chi connectivity index (χ0n) is 17.1. The van der Waals surface area contributed by atoms with E-state index in [-0.39, 0.29) is 23.8 Å². The minimum atomic E-state index is -3.62. The summed E-state index contributed by atoms with van der Waals surface area (Å²) in [5, 5.41) is 11.3. The van der Waals surface area contributed by atoms with Crippen molar-refractivity contribution in [3.8, 4) is 0 Å². The molecule has 2 heterocycles. The maximum atomic E-state index is 12.4. The molecule has 0 spiro atoms. The second-order valence-corrected chi connectivity index (χ2v) is 9.26. The Morgan fingerprint density at radius 1 is 1.10 bits per heavy atom. The van der Waals surface area contributed by atoms with Crippen LogP contribution in [-0.2, 0) is 34.2 Å². The smallest absolute Gasteiger partial charge is 0.240 e. The van der Waals surface area contributed by atoms with Crippen LogP contribution in [0.25, 0.3) is 0 Å². The highest BCUT2D eigenvalue weighted by atomic mass is 32.2. The summed E-state index contributed by atoms with van der Waals surface area (Å²) < 4.78 is 29.4. The molecule has 3 rings (SSSR count). The van der Waals surface area contributed by atoms with Crippen molar-refractivity contribution in [3.05, 3.63) is 41.0 Å². The summed E-state index contributed by atoms with van der Waals surface area (Å²) >= 11 is 0. The van der Waals surface area contributed by atoms with Gasteiger partial charge in [0.15, 0.2) is 0 Å². The zero-order valence-corrected chi connectivity index (χ0v) is 17.9. The lowest BCUT2D eigenvalue weighted by atomic mass is 10.1. The van der Waals surface area contributed by atoms with E-state index < -0.39 is 10.0 Å². The quantitative estimate of drug-likeness (QED) is 0.677. The van der Waals surface area contributed by atoms with Gasteiger partial charge >= 0.3 is 0 Å². The van der Waals surface area contributed by atoms with Crippen molar-refractivity contribution in [2.45, 2.75) is 63.8 Å². The molecule has 1 aromatic carbocycles. The molecule has 0 bridgehead atoms. The van der Waals surface area contributed by atoms with Crippen LogP contribution < -0.4 is 10.0 Å². The Bertz CT molecular complexity index is 968. The van der Waals surface area contributed by atoms with E-state index in [2.05, 4.69) is 24.8 Å². The van der Waals surface area contributed by atoms with E-state index in [9.17, 15) is 13.2 Å². The van der Waals surface area contributed by atoms with Crippen molar-refractivity contribution in [3.63, 3.8) is 0 Å². The zero-order chi connectivity index (χ0) is 20.9. The molecule has 0 radical (unpaired) electrons. The summed E-state index contributed by atoms with van der Waals surface area (Å²) in [5.74, 6) is 1.74. The molecule has 1 amide bonds. The van der Waals surface area contributed by atoms with Crippen LogP contribution in [-0.4, -0.2) is 42.2 Å². The molecule has 0 unspecified atom stereocenters. The van der Waals surface area contributed by atoms with Crippen LogP contribution >= 0.6 is 0 Å². The van der Waals surface area contributed by atoms with Crippen molar-refractivity contribution < 1.29 is 13.2 Å². The third-order valence-corrected chi connectivity index (χ3v) is 6.75. The van der Waals surface area contributed by atoms with Crippen molar-refractivity contribution >= 4 is 15.9 Å². The molecule has 2 N–H and O–H groups in total. The predicted octanol–water partition coefficient (Wildman–Crippen LogP) is 1.65. The van der Waals surface area contributed by atoms with Crippen LogP contribution in [0.2, 0.25) is 0 Å². The Labute approximate surface area is 172 Å². The highest BCUT2D eigenvalue weighted by Crippen LogP contribution is 2.15. The van der Waals surface area contributed by atoms with Gasteiger partial charge in [-0.2, -0.15) is 0 Å². The molecule has 29 heavy (non-hydrogen) atoms. The molecule has 0 aliphatic carbocycles. The maximum Gasteiger partial charge on any atom is 0.240 e. The third-order valence-electron chi connectivity index (χ3n) is 5.29. The average molecular weight is 420 g/mol. The van der Waals surface area contributed by atoms with Gasteiger partial charge in [-0.1, -0.05) is 12.5 Å². The van der Waals surface area contributed by atoms with Gasteiger partial charge in [-0.25, -0.2) is 13.1 Å². The Balaban J connectivity index is 1.42. The second-order valence-electron chi connectivity index (χ2n) is 7.49. The number of rotatable bonds is 8. The lowest BCUT2D eigenvalue weighted by molar-refractivity contribution is -0.120. The summed E-state index contributed by atoms with van der Waals surface area (Å²) in [6.45, 7) is 5.25. The van der Waals surface area contributed by atoms with Gasteiger partial charge in [0, 0.05) is 38.9 Å². The summed E-state index contributed by atoms with van der Waals surface area (Å²) in [5.41, 5.74) is 1.95. The number of aromatic nitrogens is 3. The van der Waals surface area contributed by atoms with Crippen LogP contribution in [0.4, 0.5) is 0 Å². The van der Waals surface area contributed by atoms with Crippen LogP contribution in [0.3, 0.4) is 0 Å². The number of nitrogens with one attached hydrogen (secondary N) is 2. The Morgan fingerprint density at radius 2 is 1.93 bits per heavy atom. The Hall–Kier alpha value is -2.26. The molecule has 1 aliphatic heterocycles. The van der Waals surface area contributed by atoms with Crippen molar-refractivity contribution in [1.82, 2.24) is 24.8 Å².